The molecular weight excluding hydrogens is 216 g/mol. The maximum absolute atomic E-state index is 9.10. The second kappa shape index (κ2) is 7.07. The van der Waals surface area contributed by atoms with Gasteiger partial charge in [0.2, 0.25) is 0 Å². The highest BCUT2D eigenvalue weighted by Crippen LogP contribution is 2.13. The zero-order chi connectivity index (χ0) is 12.6. The molecule has 0 aliphatic rings. The minimum atomic E-state index is -1.82. The number of rotatable bonds is 2. The van der Waals surface area contributed by atoms with E-state index in [9.17, 15) is 0 Å². The first-order valence-corrected chi connectivity index (χ1v) is 4.08. The molecule has 0 unspecified atom stereocenters. The van der Waals surface area contributed by atoms with E-state index in [4.69, 9.17) is 30.4 Å². The predicted molar refractivity (Wildman–Crippen MR) is 56.1 cm³/mol. The number of nitrogens with one attached hydrogen (secondary N) is 1. The number of ether oxygens (including phenoxy) is 1. The maximum Gasteiger partial charge on any atom is 0.414 e. The fourth-order valence-electron chi connectivity index (χ4n) is 0.687. The predicted octanol–water partition coefficient (Wildman–Crippen LogP) is 0.136. The van der Waals surface area contributed by atoms with Crippen LogP contribution in [0.4, 0.5) is 5.69 Å². The number of hydrogen-bond acceptors (Lipinski definition) is 5. The Morgan fingerprint density at radius 1 is 1.19 bits per heavy atom. The number of aliphatic carboxylic acids is 2. The Bertz CT molecular complexity index is 314. The highest BCUT2D eigenvalue weighted by Gasteiger charge is 2.04. The molecule has 0 aromatic heterocycles. The number of carboxylic acid groups (broad SMARTS) is 2. The van der Waals surface area contributed by atoms with Crippen LogP contribution in [0, 0.1) is 0 Å². The van der Waals surface area contributed by atoms with Crippen LogP contribution in [-0.2, 0) is 9.59 Å². The van der Waals surface area contributed by atoms with Crippen molar-refractivity contribution in [1.29, 1.82) is 0 Å². The number of carboxylic acids is 2. The van der Waals surface area contributed by atoms with Crippen LogP contribution in [0.2, 0.25) is 0 Å². The third kappa shape index (κ3) is 5.45. The molecule has 88 valence electrons. The quantitative estimate of drug-likeness (QED) is 0.322. The van der Waals surface area contributed by atoms with E-state index in [2.05, 4.69) is 5.43 Å². The Hall–Kier alpha value is -2.28. The number of carbonyl (C=O) groups is 2. The maximum atomic E-state index is 9.10. The standard InChI is InChI=1S/C7H10N2O.C2H2O4/c1-10-7-4-2-6(9-8)3-5-7;3-1(4)2(5)6/h2-5,9H,8H2,1H3;(H,3,4)(H,5,6). The minimum absolute atomic E-state index is 0.832. The lowest BCUT2D eigenvalue weighted by molar-refractivity contribution is -0.159. The van der Waals surface area contributed by atoms with E-state index in [0.717, 1.165) is 11.4 Å². The van der Waals surface area contributed by atoms with Crippen LogP contribution in [0.5, 0.6) is 5.75 Å². The number of benzene rings is 1. The molecule has 7 heteroatoms. The summed E-state index contributed by atoms with van der Waals surface area (Å²) in [6.45, 7) is 0. The number of hydrogen-bond donors (Lipinski definition) is 4. The Morgan fingerprint density at radius 3 is 1.88 bits per heavy atom. The lowest BCUT2D eigenvalue weighted by Crippen LogP contribution is -2.09. The normalized spacial score (nSPS) is 8.38. The van der Waals surface area contributed by atoms with Gasteiger partial charge in [0.1, 0.15) is 5.75 Å². The summed E-state index contributed by atoms with van der Waals surface area (Å²) in [6.07, 6.45) is 0. The summed E-state index contributed by atoms with van der Waals surface area (Å²) < 4.78 is 4.95. The summed E-state index contributed by atoms with van der Waals surface area (Å²) in [5.41, 5.74) is 3.40. The molecule has 0 saturated heterocycles. The van der Waals surface area contributed by atoms with Crippen molar-refractivity contribution in [3.05, 3.63) is 24.3 Å². The second-order valence-corrected chi connectivity index (χ2v) is 2.48. The van der Waals surface area contributed by atoms with Crippen molar-refractivity contribution in [2.24, 2.45) is 5.84 Å². The van der Waals surface area contributed by atoms with Gasteiger partial charge in [0.15, 0.2) is 0 Å². The molecule has 0 amide bonds. The Morgan fingerprint density at radius 2 is 1.62 bits per heavy atom. The number of anilines is 1. The van der Waals surface area contributed by atoms with Gasteiger partial charge in [-0.2, -0.15) is 0 Å². The molecule has 0 aliphatic heterocycles. The number of hydrazine groups is 1. The zero-order valence-electron chi connectivity index (χ0n) is 8.51. The second-order valence-electron chi connectivity index (χ2n) is 2.48. The summed E-state index contributed by atoms with van der Waals surface area (Å²) in [5, 5.41) is 14.8. The van der Waals surface area contributed by atoms with Crippen LogP contribution >= 0.6 is 0 Å². The number of nitrogen functional groups attached to an aromatic ring is 1. The largest absolute Gasteiger partial charge is 0.497 e. The summed E-state index contributed by atoms with van der Waals surface area (Å²) >= 11 is 0. The van der Waals surface area contributed by atoms with E-state index in [1.54, 1.807) is 7.11 Å². The molecule has 5 N–H and O–H groups in total. The van der Waals surface area contributed by atoms with Crippen LogP contribution in [0.25, 0.3) is 0 Å². The zero-order valence-corrected chi connectivity index (χ0v) is 8.51. The van der Waals surface area contributed by atoms with Crippen molar-refractivity contribution < 1.29 is 24.5 Å². The topological polar surface area (TPSA) is 122 Å². The van der Waals surface area contributed by atoms with E-state index >= 15 is 0 Å². The first kappa shape index (κ1) is 13.7. The van der Waals surface area contributed by atoms with Crippen LogP contribution < -0.4 is 16.0 Å². The first-order chi connectivity index (χ1) is 7.51. The molecule has 0 radical (unpaired) electrons. The van der Waals surface area contributed by atoms with Crippen molar-refractivity contribution >= 4 is 17.6 Å². The van der Waals surface area contributed by atoms with Gasteiger partial charge < -0.3 is 20.4 Å². The number of methoxy groups -OCH3 is 1. The molecule has 7 nitrogen and oxygen atoms in total. The molecule has 1 rings (SSSR count). The average molecular weight is 228 g/mol. The molecule has 0 aliphatic carbocycles. The Balaban J connectivity index is 0.000000325. The lowest BCUT2D eigenvalue weighted by atomic mass is 10.3. The molecule has 1 aromatic carbocycles. The Kier molecular flexibility index (Phi) is 6.06. The van der Waals surface area contributed by atoms with Gasteiger partial charge in [-0.05, 0) is 24.3 Å². The van der Waals surface area contributed by atoms with Gasteiger partial charge in [-0.15, -0.1) is 0 Å². The third-order valence-electron chi connectivity index (χ3n) is 1.44. The Labute approximate surface area is 91.4 Å². The summed E-state index contributed by atoms with van der Waals surface area (Å²) in [6, 6.07) is 7.38. The highest BCUT2D eigenvalue weighted by atomic mass is 16.5. The molecule has 0 atom stereocenters. The van der Waals surface area contributed by atoms with Gasteiger partial charge in [0.25, 0.3) is 0 Å². The lowest BCUT2D eigenvalue weighted by Gasteiger charge is -2.00. The molecule has 0 bridgehead atoms. The van der Waals surface area contributed by atoms with Gasteiger partial charge in [-0.3, -0.25) is 5.84 Å². The average Bonchev–Trinajstić information content (AvgIpc) is 2.30. The molecule has 1 aromatic rings. The van der Waals surface area contributed by atoms with Gasteiger partial charge in [-0.25, -0.2) is 9.59 Å². The van der Waals surface area contributed by atoms with E-state index in [1.807, 2.05) is 24.3 Å². The van der Waals surface area contributed by atoms with E-state index in [1.165, 1.54) is 0 Å². The van der Waals surface area contributed by atoms with Crippen LogP contribution in [0.3, 0.4) is 0 Å². The number of nitrogens with two attached hydrogens (primary N) is 1. The molecule has 0 fully saturated rings. The van der Waals surface area contributed by atoms with Crippen molar-refractivity contribution in [2.75, 3.05) is 12.5 Å². The first-order valence-electron chi connectivity index (χ1n) is 4.08. The van der Waals surface area contributed by atoms with E-state index < -0.39 is 11.9 Å². The van der Waals surface area contributed by atoms with Crippen molar-refractivity contribution in [3.63, 3.8) is 0 Å². The summed E-state index contributed by atoms with van der Waals surface area (Å²) in [4.78, 5) is 18.2. The smallest absolute Gasteiger partial charge is 0.414 e. The van der Waals surface area contributed by atoms with Gasteiger partial charge in [0.05, 0.1) is 7.11 Å². The van der Waals surface area contributed by atoms with Crippen molar-refractivity contribution in [3.8, 4) is 5.75 Å². The van der Waals surface area contributed by atoms with Crippen LogP contribution in [0.1, 0.15) is 0 Å². The fraction of sp³-hybridized carbons (Fsp3) is 0.111. The molecule has 0 spiro atoms. The van der Waals surface area contributed by atoms with E-state index in [-0.39, 0.29) is 0 Å². The van der Waals surface area contributed by atoms with Gasteiger partial charge in [0, 0.05) is 5.69 Å². The SMILES string of the molecule is COc1ccc(NN)cc1.O=C(O)C(=O)O. The van der Waals surface area contributed by atoms with Crippen LogP contribution in [0.15, 0.2) is 24.3 Å². The van der Waals surface area contributed by atoms with Crippen LogP contribution in [-0.4, -0.2) is 29.3 Å². The summed E-state index contributed by atoms with van der Waals surface area (Å²) in [7, 11) is 1.63. The molecule has 16 heavy (non-hydrogen) atoms. The van der Waals surface area contributed by atoms with Crippen molar-refractivity contribution in [1.82, 2.24) is 0 Å². The van der Waals surface area contributed by atoms with Crippen molar-refractivity contribution in [2.45, 2.75) is 0 Å². The molecular formula is C9H12N2O5. The monoisotopic (exact) mass is 228 g/mol. The van der Waals surface area contributed by atoms with Gasteiger partial charge >= 0.3 is 11.9 Å². The summed E-state index contributed by atoms with van der Waals surface area (Å²) in [5.74, 6) is 2.33. The fourth-order valence-corrected chi connectivity index (χ4v) is 0.687. The van der Waals surface area contributed by atoms with E-state index in [0.29, 0.717) is 0 Å². The minimum Gasteiger partial charge on any atom is -0.497 e. The third-order valence-corrected chi connectivity index (χ3v) is 1.44. The molecule has 0 heterocycles. The van der Waals surface area contributed by atoms with Gasteiger partial charge in [-0.1, -0.05) is 0 Å². The molecule has 0 saturated carbocycles. The highest BCUT2D eigenvalue weighted by molar-refractivity contribution is 6.27.